The third kappa shape index (κ3) is 3.12. The first kappa shape index (κ1) is 16.5. The summed E-state index contributed by atoms with van der Waals surface area (Å²) >= 11 is 0. The van der Waals surface area contributed by atoms with Crippen molar-refractivity contribution in [2.24, 2.45) is 0 Å². The van der Waals surface area contributed by atoms with Crippen LogP contribution in [0.15, 0.2) is 63.8 Å². The third-order valence-corrected chi connectivity index (χ3v) is 4.20. The maximum absolute atomic E-state index is 12.9. The average Bonchev–Trinajstić information content (AvgIpc) is 3.46. The molecule has 26 heavy (non-hydrogen) atoms. The number of epoxide rings is 1. The van der Waals surface area contributed by atoms with Gasteiger partial charge in [-0.05, 0) is 17.7 Å². The van der Waals surface area contributed by atoms with Gasteiger partial charge in [-0.1, -0.05) is 30.3 Å². The molecule has 3 aromatic rings. The molecule has 0 radical (unpaired) electrons. The Balaban J connectivity index is 1.69. The molecule has 2 aromatic carbocycles. The van der Waals surface area contributed by atoms with E-state index in [2.05, 4.69) is 0 Å². The Morgan fingerprint density at radius 3 is 2.69 bits per heavy atom. The number of rotatable bonds is 6. The normalized spacial score (nSPS) is 18.7. The van der Waals surface area contributed by atoms with E-state index in [0.717, 1.165) is 5.56 Å². The second-order valence-electron chi connectivity index (χ2n) is 5.94. The smallest absolute Gasteiger partial charge is 0.336 e. The monoisotopic (exact) mass is 352 g/mol. The first-order valence-corrected chi connectivity index (χ1v) is 8.11. The minimum absolute atomic E-state index is 0.0313. The SMILES string of the molecule is COCOc1cc2oc(=O)ccc2cc1C(=O)[C@H]1O[C@@H]1c1ccccc1. The largest absolute Gasteiger partial charge is 0.467 e. The molecule has 0 bridgehead atoms. The fraction of sp³-hybridized carbons (Fsp3) is 0.200. The lowest BCUT2D eigenvalue weighted by atomic mass is 10.0. The average molecular weight is 352 g/mol. The van der Waals surface area contributed by atoms with Crippen LogP contribution in [0, 0.1) is 0 Å². The van der Waals surface area contributed by atoms with Gasteiger partial charge in [-0.2, -0.15) is 0 Å². The van der Waals surface area contributed by atoms with Gasteiger partial charge in [0.25, 0.3) is 0 Å². The molecule has 0 saturated carbocycles. The standard InChI is InChI=1S/C20H16O6/c1-23-11-24-16-10-15-13(7-8-17(21)25-15)9-14(16)18(22)20-19(26-20)12-5-3-2-4-6-12/h2-10,19-20H,11H2,1H3/t19-,20-/m1/s1. The number of Topliss-reactive ketones (excluding diaryl/α,β-unsaturated/α-hetero) is 1. The molecular formula is C20H16O6. The maximum atomic E-state index is 12.9. The number of carbonyl (C=O) groups excluding carboxylic acids is 1. The molecule has 6 nitrogen and oxygen atoms in total. The van der Waals surface area contributed by atoms with E-state index < -0.39 is 11.7 Å². The van der Waals surface area contributed by atoms with E-state index in [4.69, 9.17) is 18.6 Å². The van der Waals surface area contributed by atoms with E-state index in [1.165, 1.54) is 19.2 Å². The van der Waals surface area contributed by atoms with E-state index in [9.17, 15) is 9.59 Å². The molecule has 6 heteroatoms. The predicted octanol–water partition coefficient (Wildman–Crippen LogP) is 3.10. The van der Waals surface area contributed by atoms with Crippen molar-refractivity contribution >= 4 is 16.8 Å². The van der Waals surface area contributed by atoms with E-state index in [1.807, 2.05) is 30.3 Å². The van der Waals surface area contributed by atoms with Crippen molar-refractivity contribution in [1.82, 2.24) is 0 Å². The minimum Gasteiger partial charge on any atom is -0.467 e. The van der Waals surface area contributed by atoms with Crippen LogP contribution in [0.25, 0.3) is 11.0 Å². The van der Waals surface area contributed by atoms with E-state index in [0.29, 0.717) is 22.3 Å². The lowest BCUT2D eigenvalue weighted by Gasteiger charge is -2.10. The van der Waals surface area contributed by atoms with Crippen LogP contribution in [-0.4, -0.2) is 25.8 Å². The highest BCUT2D eigenvalue weighted by Gasteiger charge is 2.46. The van der Waals surface area contributed by atoms with E-state index in [1.54, 1.807) is 12.1 Å². The highest BCUT2D eigenvalue weighted by molar-refractivity contribution is 6.06. The Bertz CT molecular complexity index is 1010. The molecule has 2 heterocycles. The number of hydrogen-bond acceptors (Lipinski definition) is 6. The number of carbonyl (C=O) groups is 1. The van der Waals surface area contributed by atoms with Crippen molar-refractivity contribution in [2.45, 2.75) is 12.2 Å². The van der Waals surface area contributed by atoms with Gasteiger partial charge in [0, 0.05) is 24.6 Å². The summed E-state index contributed by atoms with van der Waals surface area (Å²) in [7, 11) is 1.48. The lowest BCUT2D eigenvalue weighted by Crippen LogP contribution is -2.12. The van der Waals surface area contributed by atoms with Gasteiger partial charge in [0.05, 0.1) is 5.56 Å². The fourth-order valence-corrected chi connectivity index (χ4v) is 2.89. The molecule has 2 atom stereocenters. The molecular weight excluding hydrogens is 336 g/mol. The molecule has 132 valence electrons. The van der Waals surface area contributed by atoms with Gasteiger partial charge >= 0.3 is 5.63 Å². The van der Waals surface area contributed by atoms with Crippen molar-refractivity contribution in [2.75, 3.05) is 13.9 Å². The number of ketones is 1. The summed E-state index contributed by atoms with van der Waals surface area (Å²) in [6, 6.07) is 15.7. The quantitative estimate of drug-likeness (QED) is 0.294. The molecule has 1 aliphatic heterocycles. The highest BCUT2D eigenvalue weighted by atomic mass is 16.7. The summed E-state index contributed by atoms with van der Waals surface area (Å²) in [5, 5.41) is 0.634. The van der Waals surface area contributed by atoms with Crippen LogP contribution in [0.2, 0.25) is 0 Å². The predicted molar refractivity (Wildman–Crippen MR) is 93.4 cm³/mol. The number of benzene rings is 2. The second kappa shape index (κ2) is 6.74. The molecule has 0 amide bonds. The maximum Gasteiger partial charge on any atom is 0.336 e. The second-order valence-corrected chi connectivity index (χ2v) is 5.94. The van der Waals surface area contributed by atoms with Gasteiger partial charge in [0.15, 0.2) is 18.7 Å². The van der Waals surface area contributed by atoms with Gasteiger partial charge in [-0.15, -0.1) is 0 Å². The first-order valence-electron chi connectivity index (χ1n) is 8.11. The third-order valence-electron chi connectivity index (χ3n) is 4.20. The van der Waals surface area contributed by atoms with Crippen LogP contribution in [-0.2, 0) is 9.47 Å². The molecule has 0 aliphatic carbocycles. The Labute approximate surface area is 148 Å². The molecule has 1 aliphatic rings. The van der Waals surface area contributed by atoms with Crippen molar-refractivity contribution in [3.05, 3.63) is 76.1 Å². The number of methoxy groups -OCH3 is 1. The van der Waals surface area contributed by atoms with Crippen LogP contribution in [0.5, 0.6) is 5.75 Å². The number of ether oxygens (including phenoxy) is 3. The van der Waals surface area contributed by atoms with Crippen LogP contribution < -0.4 is 10.4 Å². The Morgan fingerprint density at radius 1 is 1.12 bits per heavy atom. The van der Waals surface area contributed by atoms with Crippen molar-refractivity contribution in [3.8, 4) is 5.75 Å². The van der Waals surface area contributed by atoms with Crippen LogP contribution in [0.1, 0.15) is 22.0 Å². The summed E-state index contributed by atoms with van der Waals surface area (Å²) in [5.41, 5.74) is 1.20. The van der Waals surface area contributed by atoms with Crippen molar-refractivity contribution in [3.63, 3.8) is 0 Å². The Kier molecular flexibility index (Phi) is 4.28. The van der Waals surface area contributed by atoms with Crippen molar-refractivity contribution in [1.29, 1.82) is 0 Å². The highest BCUT2D eigenvalue weighted by Crippen LogP contribution is 2.42. The summed E-state index contributed by atoms with van der Waals surface area (Å²) in [5.74, 6) is 0.110. The fourth-order valence-electron chi connectivity index (χ4n) is 2.89. The molecule has 0 N–H and O–H groups in total. The Hall–Kier alpha value is -2.96. The van der Waals surface area contributed by atoms with Crippen molar-refractivity contribution < 1.29 is 23.4 Å². The number of fused-ring (bicyclic) bond motifs is 1. The first-order chi connectivity index (χ1) is 12.7. The molecule has 1 aromatic heterocycles. The molecule has 1 fully saturated rings. The zero-order valence-electron chi connectivity index (χ0n) is 14.0. The summed E-state index contributed by atoms with van der Waals surface area (Å²) in [4.78, 5) is 24.4. The zero-order valence-corrected chi connectivity index (χ0v) is 14.0. The van der Waals surface area contributed by atoms with Crippen LogP contribution >= 0.6 is 0 Å². The van der Waals surface area contributed by atoms with Gasteiger partial charge in [-0.3, -0.25) is 4.79 Å². The van der Waals surface area contributed by atoms with Gasteiger partial charge < -0.3 is 18.6 Å². The van der Waals surface area contributed by atoms with Gasteiger partial charge in [0.2, 0.25) is 0 Å². The van der Waals surface area contributed by atoms with E-state index >= 15 is 0 Å². The van der Waals surface area contributed by atoms with Crippen LogP contribution in [0.4, 0.5) is 0 Å². The zero-order chi connectivity index (χ0) is 18.1. The summed E-state index contributed by atoms with van der Waals surface area (Å²) in [6.07, 6.45) is -0.821. The van der Waals surface area contributed by atoms with Gasteiger partial charge in [0.1, 0.15) is 17.4 Å². The number of hydrogen-bond donors (Lipinski definition) is 0. The molecule has 0 unspecified atom stereocenters. The topological polar surface area (TPSA) is 78.3 Å². The molecule has 1 saturated heterocycles. The summed E-state index contributed by atoms with van der Waals surface area (Å²) < 4.78 is 21.2. The lowest BCUT2D eigenvalue weighted by molar-refractivity contribution is 0.0501. The Morgan fingerprint density at radius 2 is 1.92 bits per heavy atom. The molecule has 4 rings (SSSR count). The van der Waals surface area contributed by atoms with Crippen LogP contribution in [0.3, 0.4) is 0 Å². The van der Waals surface area contributed by atoms with E-state index in [-0.39, 0.29) is 18.7 Å². The minimum atomic E-state index is -0.560. The van der Waals surface area contributed by atoms with Gasteiger partial charge in [-0.25, -0.2) is 4.79 Å². The molecule has 0 spiro atoms. The summed E-state index contributed by atoms with van der Waals surface area (Å²) in [6.45, 7) is -0.0313.